The van der Waals surface area contributed by atoms with Gasteiger partial charge in [0.15, 0.2) is 9.84 Å². The maximum Gasteiger partial charge on any atom is 0.321 e. The fourth-order valence-electron chi connectivity index (χ4n) is 3.74. The molecule has 0 aromatic heterocycles. The quantitative estimate of drug-likeness (QED) is 0.775. The number of carbonyl (C=O) groups excluding carboxylic acids is 1. The van der Waals surface area contributed by atoms with Gasteiger partial charge < -0.3 is 10.2 Å². The van der Waals surface area contributed by atoms with Gasteiger partial charge in [-0.2, -0.15) is 4.31 Å². The Morgan fingerprint density at radius 1 is 1.21 bits per heavy atom. The van der Waals surface area contributed by atoms with E-state index in [0.29, 0.717) is 0 Å². The molecule has 0 spiro atoms. The second-order valence-corrected chi connectivity index (χ2v) is 11.8. The first-order valence-corrected chi connectivity index (χ1v) is 12.8. The first-order chi connectivity index (χ1) is 13.1. The summed E-state index contributed by atoms with van der Waals surface area (Å²) in [5, 5.41) is 2.09. The van der Waals surface area contributed by atoms with Crippen LogP contribution in [0.3, 0.4) is 0 Å². The monoisotopic (exact) mass is 429 g/mol. The van der Waals surface area contributed by atoms with E-state index in [1.54, 1.807) is 4.90 Å². The maximum absolute atomic E-state index is 12.7. The van der Waals surface area contributed by atoms with Gasteiger partial charge in [-0.1, -0.05) is 25.1 Å². The van der Waals surface area contributed by atoms with Crippen molar-refractivity contribution in [3.05, 3.63) is 29.3 Å². The van der Waals surface area contributed by atoms with Gasteiger partial charge >= 0.3 is 6.03 Å². The van der Waals surface area contributed by atoms with Crippen molar-refractivity contribution in [2.24, 2.45) is 0 Å². The number of anilines is 1. The molecule has 1 aromatic rings. The summed E-state index contributed by atoms with van der Waals surface area (Å²) in [5.74, 6) is -0.376. The summed E-state index contributed by atoms with van der Waals surface area (Å²) in [7, 11) is -6.93. The highest BCUT2D eigenvalue weighted by atomic mass is 32.2. The van der Waals surface area contributed by atoms with Crippen LogP contribution in [0.1, 0.15) is 24.5 Å². The number of nitrogens with one attached hydrogen (secondary N) is 1. The lowest BCUT2D eigenvalue weighted by atomic mass is 10.1. The number of nitrogens with zero attached hydrogens (tertiary/aromatic N) is 2. The predicted molar refractivity (Wildman–Crippen MR) is 109 cm³/mol. The third-order valence-corrected chi connectivity index (χ3v) is 9.78. The zero-order valence-electron chi connectivity index (χ0n) is 16.2. The van der Waals surface area contributed by atoms with Crippen molar-refractivity contribution in [2.75, 3.05) is 43.0 Å². The van der Waals surface area contributed by atoms with E-state index in [-0.39, 0.29) is 50.1 Å². The number of para-hydroxylation sites is 1. The fourth-order valence-corrected chi connectivity index (χ4v) is 8.25. The highest BCUT2D eigenvalue weighted by molar-refractivity contribution is 7.95. The van der Waals surface area contributed by atoms with E-state index in [0.717, 1.165) is 23.2 Å². The molecule has 1 unspecified atom stereocenters. The van der Waals surface area contributed by atoms with Crippen LogP contribution in [0.25, 0.3) is 0 Å². The van der Waals surface area contributed by atoms with Crippen molar-refractivity contribution in [3.63, 3.8) is 0 Å². The molecule has 0 radical (unpaired) electrons. The number of hydrogen-bond acceptors (Lipinski definition) is 5. The number of urea groups is 1. The van der Waals surface area contributed by atoms with Gasteiger partial charge in [-0.25, -0.2) is 21.6 Å². The lowest BCUT2D eigenvalue weighted by Crippen LogP contribution is -2.53. The summed E-state index contributed by atoms with van der Waals surface area (Å²) in [6.45, 7) is 4.88. The molecular weight excluding hydrogens is 402 g/mol. The zero-order chi connectivity index (χ0) is 20.5. The minimum Gasteiger partial charge on any atom is -0.322 e. The largest absolute Gasteiger partial charge is 0.322 e. The maximum atomic E-state index is 12.7. The van der Waals surface area contributed by atoms with Crippen molar-refractivity contribution in [1.82, 2.24) is 9.21 Å². The molecular formula is C18H27N3O5S2. The third kappa shape index (κ3) is 4.33. The van der Waals surface area contributed by atoms with E-state index >= 15 is 0 Å². The van der Waals surface area contributed by atoms with E-state index in [4.69, 9.17) is 0 Å². The van der Waals surface area contributed by atoms with Crippen molar-refractivity contribution < 1.29 is 21.6 Å². The zero-order valence-corrected chi connectivity index (χ0v) is 17.9. The number of hydrogen-bond donors (Lipinski definition) is 1. The summed E-state index contributed by atoms with van der Waals surface area (Å²) in [6.07, 6.45) is 0.950. The summed E-state index contributed by atoms with van der Waals surface area (Å²) in [5.41, 5.74) is 2.84. The van der Waals surface area contributed by atoms with E-state index in [1.165, 1.54) is 4.31 Å². The molecule has 2 amide bonds. The molecule has 2 saturated heterocycles. The second kappa shape index (κ2) is 8.00. The number of piperazine rings is 1. The molecule has 28 heavy (non-hydrogen) atoms. The molecule has 0 saturated carbocycles. The SMILES string of the molecule is CCc1cccc(C)c1NC(=O)N1CCN(S(=O)(=O)C2CCS(=O)(=O)C2)CC1. The molecule has 0 bridgehead atoms. The highest BCUT2D eigenvalue weighted by Gasteiger charge is 2.41. The van der Waals surface area contributed by atoms with E-state index < -0.39 is 25.1 Å². The molecule has 1 N–H and O–H groups in total. The van der Waals surface area contributed by atoms with E-state index in [1.807, 2.05) is 32.0 Å². The standard InChI is InChI=1S/C18H27N3O5S2/c1-3-15-6-4-5-14(2)17(15)19-18(22)20-8-10-21(11-9-20)28(25,26)16-7-12-27(23,24)13-16/h4-6,16H,3,7-13H2,1-2H3,(H,19,22). The van der Waals surface area contributed by atoms with Gasteiger partial charge in [0.25, 0.3) is 0 Å². The van der Waals surface area contributed by atoms with Crippen molar-refractivity contribution in [1.29, 1.82) is 0 Å². The van der Waals surface area contributed by atoms with Crippen molar-refractivity contribution >= 4 is 31.6 Å². The summed E-state index contributed by atoms with van der Waals surface area (Å²) < 4.78 is 50.0. The molecule has 156 valence electrons. The van der Waals surface area contributed by atoms with Crippen molar-refractivity contribution in [3.8, 4) is 0 Å². The summed E-state index contributed by atoms with van der Waals surface area (Å²) in [4.78, 5) is 14.3. The lowest BCUT2D eigenvalue weighted by Gasteiger charge is -2.35. The molecule has 2 aliphatic heterocycles. The van der Waals surface area contributed by atoms with Gasteiger partial charge in [-0.15, -0.1) is 0 Å². The first kappa shape index (κ1) is 21.1. The molecule has 1 atom stereocenters. The number of rotatable bonds is 4. The molecule has 10 heteroatoms. The summed E-state index contributed by atoms with van der Waals surface area (Å²) in [6, 6.07) is 5.62. The Hall–Kier alpha value is -1.65. The number of benzene rings is 1. The van der Waals surface area contributed by atoms with Crippen LogP contribution < -0.4 is 5.32 Å². The molecule has 8 nitrogen and oxygen atoms in total. The third-order valence-electron chi connectivity index (χ3n) is 5.47. The molecule has 2 aliphatic rings. The normalized spacial score (nSPS) is 22.9. The van der Waals surface area contributed by atoms with Crippen LogP contribution in [-0.2, 0) is 26.3 Å². The van der Waals surface area contributed by atoms with Crippen LogP contribution in [0.4, 0.5) is 10.5 Å². The molecule has 2 heterocycles. The minimum atomic E-state index is -3.66. The van der Waals surface area contributed by atoms with Crippen LogP contribution in [0.2, 0.25) is 0 Å². The van der Waals surface area contributed by atoms with Gasteiger partial charge in [0.05, 0.1) is 16.8 Å². The fraction of sp³-hybridized carbons (Fsp3) is 0.611. The highest BCUT2D eigenvalue weighted by Crippen LogP contribution is 2.24. The number of sulfonamides is 1. The van der Waals surface area contributed by atoms with E-state index in [9.17, 15) is 21.6 Å². The molecule has 0 aliphatic carbocycles. The predicted octanol–water partition coefficient (Wildman–Crippen LogP) is 1.22. The van der Waals surface area contributed by atoms with Gasteiger partial charge in [-0.3, -0.25) is 0 Å². The molecule has 3 rings (SSSR count). The Kier molecular flexibility index (Phi) is 6.02. The van der Waals surface area contributed by atoms with E-state index in [2.05, 4.69) is 5.32 Å². The van der Waals surface area contributed by atoms with Gasteiger partial charge in [0.1, 0.15) is 0 Å². The topological polar surface area (TPSA) is 104 Å². The van der Waals surface area contributed by atoms with Crippen molar-refractivity contribution in [2.45, 2.75) is 31.9 Å². The van der Waals surface area contributed by atoms with Crippen LogP contribution in [-0.4, -0.2) is 75.0 Å². The number of sulfone groups is 1. The second-order valence-electron chi connectivity index (χ2n) is 7.35. The Balaban J connectivity index is 1.62. The Bertz CT molecular complexity index is 951. The minimum absolute atomic E-state index is 0.0740. The van der Waals surface area contributed by atoms with Gasteiger partial charge in [-0.05, 0) is 30.9 Å². The smallest absolute Gasteiger partial charge is 0.321 e. The lowest BCUT2D eigenvalue weighted by molar-refractivity contribution is 0.184. The average Bonchev–Trinajstić information content (AvgIpc) is 3.04. The van der Waals surface area contributed by atoms with Gasteiger partial charge in [0.2, 0.25) is 10.0 Å². The van der Waals surface area contributed by atoms with Gasteiger partial charge in [0, 0.05) is 31.9 Å². The number of carbonyl (C=O) groups is 1. The Morgan fingerprint density at radius 2 is 1.89 bits per heavy atom. The Labute approximate surface area is 166 Å². The first-order valence-electron chi connectivity index (χ1n) is 9.48. The number of amides is 2. The molecule has 2 fully saturated rings. The number of aryl methyl sites for hydroxylation is 2. The summed E-state index contributed by atoms with van der Waals surface area (Å²) >= 11 is 0. The average molecular weight is 430 g/mol. The Morgan fingerprint density at radius 3 is 2.46 bits per heavy atom. The van der Waals surface area contributed by atoms with Crippen LogP contribution >= 0.6 is 0 Å². The molecule has 1 aromatic carbocycles. The van der Waals surface area contributed by atoms with Crippen LogP contribution in [0, 0.1) is 6.92 Å². The van der Waals surface area contributed by atoms with Crippen LogP contribution in [0.5, 0.6) is 0 Å². The van der Waals surface area contributed by atoms with Crippen LogP contribution in [0.15, 0.2) is 18.2 Å².